The third kappa shape index (κ3) is 2.68. The van der Waals surface area contributed by atoms with Crippen LogP contribution in [-0.4, -0.2) is 4.98 Å². The second-order valence-corrected chi connectivity index (χ2v) is 6.35. The van der Waals surface area contributed by atoms with Crippen LogP contribution in [0.2, 0.25) is 5.15 Å². The Balaban J connectivity index is 2.26. The van der Waals surface area contributed by atoms with Gasteiger partial charge in [-0.1, -0.05) is 11.6 Å². The van der Waals surface area contributed by atoms with Crippen molar-refractivity contribution in [3.8, 4) is 0 Å². The van der Waals surface area contributed by atoms with Gasteiger partial charge in [0.1, 0.15) is 0 Å². The van der Waals surface area contributed by atoms with E-state index in [2.05, 4.69) is 37.1 Å². The molecule has 18 heavy (non-hydrogen) atoms. The number of pyridine rings is 1. The number of thiophene rings is 1. The number of anilines is 1. The van der Waals surface area contributed by atoms with Crippen LogP contribution >= 0.6 is 22.9 Å². The zero-order valence-corrected chi connectivity index (χ0v) is 12.6. The van der Waals surface area contributed by atoms with Crippen LogP contribution in [0.25, 0.3) is 0 Å². The summed E-state index contributed by atoms with van der Waals surface area (Å²) >= 11 is 7.96. The highest BCUT2D eigenvalue weighted by molar-refractivity contribution is 7.12. The van der Waals surface area contributed by atoms with Crippen LogP contribution in [0.15, 0.2) is 18.3 Å². The Morgan fingerprint density at radius 2 is 2.06 bits per heavy atom. The molecule has 1 N–H and O–H groups in total. The van der Waals surface area contributed by atoms with Gasteiger partial charge >= 0.3 is 0 Å². The lowest BCUT2D eigenvalue weighted by molar-refractivity contribution is 0.877. The molecule has 96 valence electrons. The molecule has 0 amide bonds. The fourth-order valence-electron chi connectivity index (χ4n) is 2.07. The summed E-state index contributed by atoms with van der Waals surface area (Å²) in [6.45, 7) is 8.48. The van der Waals surface area contributed by atoms with Crippen molar-refractivity contribution in [1.82, 2.24) is 4.98 Å². The second-order valence-electron chi connectivity index (χ2n) is 4.53. The molecule has 2 heterocycles. The molecule has 0 aliphatic heterocycles. The lowest BCUT2D eigenvalue weighted by atomic mass is 10.1. The Bertz CT molecular complexity index is 543. The third-order valence-electron chi connectivity index (χ3n) is 3.02. The number of hydrogen-bond donors (Lipinski definition) is 1. The standard InChI is InChI=1S/C14H17ClN2S/c1-8-5-6-16-14(15)13(8)17-10(3)12-7-9(2)18-11(12)4/h5-7,10,17H,1-4H3. The van der Waals surface area contributed by atoms with Crippen LogP contribution in [0.1, 0.15) is 33.8 Å². The molecule has 1 atom stereocenters. The van der Waals surface area contributed by atoms with Gasteiger partial charge in [0.2, 0.25) is 0 Å². The number of aryl methyl sites for hydroxylation is 3. The molecule has 0 aliphatic rings. The van der Waals surface area contributed by atoms with Gasteiger partial charge in [0, 0.05) is 22.0 Å². The SMILES string of the molecule is Cc1cc(C(C)Nc2c(C)ccnc2Cl)c(C)s1. The molecule has 2 aromatic rings. The van der Waals surface area contributed by atoms with Crippen molar-refractivity contribution in [2.45, 2.75) is 33.7 Å². The summed E-state index contributed by atoms with van der Waals surface area (Å²) in [7, 11) is 0. The molecule has 2 aromatic heterocycles. The first kappa shape index (κ1) is 13.4. The van der Waals surface area contributed by atoms with Gasteiger partial charge in [-0.15, -0.1) is 11.3 Å². The lowest BCUT2D eigenvalue weighted by Gasteiger charge is -2.17. The summed E-state index contributed by atoms with van der Waals surface area (Å²) in [5.41, 5.74) is 3.37. The van der Waals surface area contributed by atoms with Crippen molar-refractivity contribution in [3.05, 3.63) is 44.4 Å². The predicted molar refractivity (Wildman–Crippen MR) is 79.8 cm³/mol. The summed E-state index contributed by atoms with van der Waals surface area (Å²) < 4.78 is 0. The summed E-state index contributed by atoms with van der Waals surface area (Å²) in [6.07, 6.45) is 1.73. The Morgan fingerprint density at radius 1 is 1.33 bits per heavy atom. The normalized spacial score (nSPS) is 12.5. The average molecular weight is 281 g/mol. The van der Waals surface area contributed by atoms with E-state index in [1.165, 1.54) is 15.3 Å². The molecule has 0 aromatic carbocycles. The Hall–Kier alpha value is -1.06. The predicted octanol–water partition coefficient (Wildman–Crippen LogP) is 4.89. The molecular formula is C14H17ClN2S. The van der Waals surface area contributed by atoms with Crippen molar-refractivity contribution in [2.24, 2.45) is 0 Å². The Kier molecular flexibility index (Phi) is 3.93. The maximum atomic E-state index is 6.14. The van der Waals surface area contributed by atoms with Crippen LogP contribution in [0.4, 0.5) is 5.69 Å². The first-order chi connectivity index (χ1) is 8.49. The zero-order valence-electron chi connectivity index (χ0n) is 11.0. The number of nitrogens with one attached hydrogen (secondary N) is 1. The first-order valence-electron chi connectivity index (χ1n) is 5.93. The highest BCUT2D eigenvalue weighted by Crippen LogP contribution is 2.31. The number of halogens is 1. The van der Waals surface area contributed by atoms with E-state index < -0.39 is 0 Å². The van der Waals surface area contributed by atoms with E-state index in [-0.39, 0.29) is 6.04 Å². The van der Waals surface area contributed by atoms with Gasteiger partial charge in [0.15, 0.2) is 5.15 Å². The summed E-state index contributed by atoms with van der Waals surface area (Å²) in [4.78, 5) is 6.81. The highest BCUT2D eigenvalue weighted by atomic mass is 35.5. The van der Waals surface area contributed by atoms with Crippen LogP contribution < -0.4 is 5.32 Å². The van der Waals surface area contributed by atoms with E-state index in [9.17, 15) is 0 Å². The van der Waals surface area contributed by atoms with Crippen molar-refractivity contribution in [3.63, 3.8) is 0 Å². The van der Waals surface area contributed by atoms with Crippen molar-refractivity contribution in [2.75, 3.05) is 5.32 Å². The zero-order chi connectivity index (χ0) is 13.3. The largest absolute Gasteiger partial charge is 0.376 e. The van der Waals surface area contributed by atoms with E-state index in [0.717, 1.165) is 11.3 Å². The molecule has 0 bridgehead atoms. The quantitative estimate of drug-likeness (QED) is 0.809. The van der Waals surface area contributed by atoms with Gasteiger partial charge < -0.3 is 5.32 Å². The minimum atomic E-state index is 0.232. The van der Waals surface area contributed by atoms with Crippen molar-refractivity contribution >= 4 is 28.6 Å². The third-order valence-corrected chi connectivity index (χ3v) is 4.29. The van der Waals surface area contributed by atoms with Crippen molar-refractivity contribution in [1.29, 1.82) is 0 Å². The monoisotopic (exact) mass is 280 g/mol. The second kappa shape index (κ2) is 5.29. The van der Waals surface area contributed by atoms with E-state index in [0.29, 0.717) is 5.15 Å². The maximum absolute atomic E-state index is 6.14. The number of hydrogen-bond acceptors (Lipinski definition) is 3. The van der Waals surface area contributed by atoms with E-state index >= 15 is 0 Å². The number of nitrogens with zero attached hydrogens (tertiary/aromatic N) is 1. The number of rotatable bonds is 3. The Morgan fingerprint density at radius 3 is 2.61 bits per heavy atom. The van der Waals surface area contributed by atoms with Gasteiger partial charge in [-0.25, -0.2) is 4.98 Å². The minimum Gasteiger partial charge on any atom is -0.376 e. The average Bonchev–Trinajstić information content (AvgIpc) is 2.63. The van der Waals surface area contributed by atoms with E-state index in [1.54, 1.807) is 6.20 Å². The Labute approximate surface area is 117 Å². The highest BCUT2D eigenvalue weighted by Gasteiger charge is 2.14. The fourth-order valence-corrected chi connectivity index (χ4v) is 3.36. The molecule has 0 fully saturated rings. The molecule has 4 heteroatoms. The first-order valence-corrected chi connectivity index (χ1v) is 7.13. The fraction of sp³-hybridized carbons (Fsp3) is 0.357. The van der Waals surface area contributed by atoms with Gasteiger partial charge in [0.05, 0.1) is 5.69 Å². The maximum Gasteiger partial charge on any atom is 0.152 e. The van der Waals surface area contributed by atoms with E-state index in [4.69, 9.17) is 11.6 Å². The molecule has 0 saturated heterocycles. The minimum absolute atomic E-state index is 0.232. The molecule has 1 unspecified atom stereocenters. The molecule has 0 radical (unpaired) electrons. The van der Waals surface area contributed by atoms with Gasteiger partial charge in [-0.05, 0) is 51.0 Å². The molecule has 2 nitrogen and oxygen atoms in total. The molecule has 2 rings (SSSR count). The number of aromatic nitrogens is 1. The van der Waals surface area contributed by atoms with E-state index in [1.807, 2.05) is 24.3 Å². The van der Waals surface area contributed by atoms with Gasteiger partial charge in [-0.2, -0.15) is 0 Å². The lowest BCUT2D eigenvalue weighted by Crippen LogP contribution is -2.08. The molecule has 0 spiro atoms. The van der Waals surface area contributed by atoms with Crippen LogP contribution in [0.3, 0.4) is 0 Å². The van der Waals surface area contributed by atoms with Gasteiger partial charge in [-0.3, -0.25) is 0 Å². The van der Waals surface area contributed by atoms with Gasteiger partial charge in [0.25, 0.3) is 0 Å². The van der Waals surface area contributed by atoms with Crippen LogP contribution in [0, 0.1) is 20.8 Å². The molecular weight excluding hydrogens is 264 g/mol. The molecule has 0 saturated carbocycles. The van der Waals surface area contributed by atoms with Crippen LogP contribution in [-0.2, 0) is 0 Å². The summed E-state index contributed by atoms with van der Waals surface area (Å²) in [5, 5.41) is 3.99. The smallest absolute Gasteiger partial charge is 0.152 e. The van der Waals surface area contributed by atoms with Crippen LogP contribution in [0.5, 0.6) is 0 Å². The molecule has 0 aliphatic carbocycles. The summed E-state index contributed by atoms with van der Waals surface area (Å²) in [5.74, 6) is 0. The summed E-state index contributed by atoms with van der Waals surface area (Å²) in [6, 6.07) is 4.43. The topological polar surface area (TPSA) is 24.9 Å². The van der Waals surface area contributed by atoms with Crippen molar-refractivity contribution < 1.29 is 0 Å².